The third-order valence-electron chi connectivity index (χ3n) is 3.54. The highest BCUT2D eigenvalue weighted by molar-refractivity contribution is 7.10. The Hall–Kier alpha value is -1.16. The van der Waals surface area contributed by atoms with E-state index in [9.17, 15) is 0 Å². The Kier molecular flexibility index (Phi) is 6.25. The normalized spacial score (nSPS) is 12.8. The van der Waals surface area contributed by atoms with E-state index in [1.807, 2.05) is 11.3 Å². The molecule has 1 aromatic carbocycles. The zero-order valence-electron chi connectivity index (χ0n) is 12.4. The van der Waals surface area contributed by atoms with Gasteiger partial charge in [-0.15, -0.1) is 11.3 Å². The first-order valence-electron chi connectivity index (χ1n) is 7.25. The average molecular weight is 288 g/mol. The summed E-state index contributed by atoms with van der Waals surface area (Å²) in [5.41, 5.74) is 1.42. The Bertz CT molecular complexity index is 467. The monoisotopic (exact) mass is 288 g/mol. The predicted octanol–water partition coefficient (Wildman–Crippen LogP) is 3.57. The van der Waals surface area contributed by atoms with Crippen LogP contribution >= 0.6 is 11.3 Å². The van der Waals surface area contributed by atoms with Crippen molar-refractivity contribution in [2.45, 2.75) is 19.4 Å². The van der Waals surface area contributed by atoms with Gasteiger partial charge >= 0.3 is 0 Å². The fourth-order valence-electron chi connectivity index (χ4n) is 2.19. The lowest BCUT2D eigenvalue weighted by Crippen LogP contribution is -2.31. The third kappa shape index (κ3) is 5.08. The summed E-state index contributed by atoms with van der Waals surface area (Å²) < 4.78 is 0. The van der Waals surface area contributed by atoms with Crippen LogP contribution in [-0.2, 0) is 6.42 Å². The van der Waals surface area contributed by atoms with Crippen LogP contribution < -0.4 is 5.32 Å². The standard InChI is InChI=1S/C17H24N2S/c1-15(17-9-6-14-20-17)18-11-13-19(2)12-10-16-7-4-3-5-8-16/h3-9,14-15,18H,10-13H2,1-2H3. The van der Waals surface area contributed by atoms with Crippen molar-refractivity contribution >= 4 is 11.3 Å². The summed E-state index contributed by atoms with van der Waals surface area (Å²) in [4.78, 5) is 3.80. The molecule has 0 radical (unpaired) electrons. The van der Waals surface area contributed by atoms with Crippen molar-refractivity contribution in [1.82, 2.24) is 10.2 Å². The topological polar surface area (TPSA) is 15.3 Å². The van der Waals surface area contributed by atoms with Crippen molar-refractivity contribution in [2.75, 3.05) is 26.7 Å². The summed E-state index contributed by atoms with van der Waals surface area (Å²) in [6.45, 7) is 5.46. The Labute approximate surface area is 126 Å². The molecule has 0 aliphatic carbocycles. The van der Waals surface area contributed by atoms with E-state index in [4.69, 9.17) is 0 Å². The maximum Gasteiger partial charge on any atom is 0.0386 e. The van der Waals surface area contributed by atoms with Crippen LogP contribution in [0.5, 0.6) is 0 Å². The van der Waals surface area contributed by atoms with Gasteiger partial charge in [0.1, 0.15) is 0 Å². The summed E-state index contributed by atoms with van der Waals surface area (Å²) in [5, 5.41) is 5.72. The van der Waals surface area contributed by atoms with E-state index in [0.29, 0.717) is 6.04 Å². The summed E-state index contributed by atoms with van der Waals surface area (Å²) in [7, 11) is 2.19. The van der Waals surface area contributed by atoms with Gasteiger partial charge in [-0.25, -0.2) is 0 Å². The van der Waals surface area contributed by atoms with E-state index in [1.165, 1.54) is 10.4 Å². The number of hydrogen-bond acceptors (Lipinski definition) is 3. The first-order chi connectivity index (χ1) is 9.75. The number of likely N-dealkylation sites (N-methyl/N-ethyl adjacent to an activating group) is 1. The molecule has 0 saturated carbocycles. The van der Waals surface area contributed by atoms with Gasteiger partial charge in [-0.3, -0.25) is 0 Å². The van der Waals surface area contributed by atoms with Crippen molar-refractivity contribution in [3.8, 4) is 0 Å². The van der Waals surface area contributed by atoms with Crippen LogP contribution in [0.1, 0.15) is 23.4 Å². The third-order valence-corrected chi connectivity index (χ3v) is 4.59. The summed E-state index contributed by atoms with van der Waals surface area (Å²) in [6.07, 6.45) is 1.12. The van der Waals surface area contributed by atoms with Gasteiger partial charge in [0.15, 0.2) is 0 Å². The SMILES string of the molecule is CC(NCCN(C)CCc1ccccc1)c1cccs1. The van der Waals surface area contributed by atoms with Crippen LogP contribution in [0, 0.1) is 0 Å². The zero-order chi connectivity index (χ0) is 14.2. The van der Waals surface area contributed by atoms with Gasteiger partial charge in [0.25, 0.3) is 0 Å². The van der Waals surface area contributed by atoms with Gasteiger partial charge in [-0.05, 0) is 37.4 Å². The van der Waals surface area contributed by atoms with Crippen molar-refractivity contribution in [1.29, 1.82) is 0 Å². The molecule has 0 saturated heterocycles. The average Bonchev–Trinajstić information content (AvgIpc) is 3.00. The molecule has 0 bridgehead atoms. The van der Waals surface area contributed by atoms with Crippen LogP contribution in [0.2, 0.25) is 0 Å². The Morgan fingerprint density at radius 1 is 1.10 bits per heavy atom. The van der Waals surface area contributed by atoms with Crippen LogP contribution in [0.25, 0.3) is 0 Å². The minimum Gasteiger partial charge on any atom is -0.308 e. The second-order valence-electron chi connectivity index (χ2n) is 5.23. The molecule has 3 heteroatoms. The van der Waals surface area contributed by atoms with Gasteiger partial charge in [-0.1, -0.05) is 36.4 Å². The summed E-state index contributed by atoms with van der Waals surface area (Å²) in [5.74, 6) is 0. The maximum atomic E-state index is 3.58. The highest BCUT2D eigenvalue weighted by atomic mass is 32.1. The number of nitrogens with one attached hydrogen (secondary N) is 1. The van der Waals surface area contributed by atoms with Crippen LogP contribution in [0.15, 0.2) is 47.8 Å². The minimum atomic E-state index is 0.456. The lowest BCUT2D eigenvalue weighted by Gasteiger charge is -2.19. The molecule has 0 amide bonds. The zero-order valence-corrected chi connectivity index (χ0v) is 13.2. The van der Waals surface area contributed by atoms with Gasteiger partial charge in [-0.2, -0.15) is 0 Å². The number of hydrogen-bond donors (Lipinski definition) is 1. The first-order valence-corrected chi connectivity index (χ1v) is 8.13. The van der Waals surface area contributed by atoms with Gasteiger partial charge in [0, 0.05) is 30.6 Å². The molecule has 1 unspecified atom stereocenters. The smallest absolute Gasteiger partial charge is 0.0386 e. The van der Waals surface area contributed by atoms with Gasteiger partial charge < -0.3 is 10.2 Å². The second-order valence-corrected chi connectivity index (χ2v) is 6.21. The molecule has 0 spiro atoms. The minimum absolute atomic E-state index is 0.456. The van der Waals surface area contributed by atoms with Crippen molar-refractivity contribution in [3.63, 3.8) is 0 Å². The van der Waals surface area contributed by atoms with E-state index >= 15 is 0 Å². The fraction of sp³-hybridized carbons (Fsp3) is 0.412. The highest BCUT2D eigenvalue weighted by Crippen LogP contribution is 2.17. The Morgan fingerprint density at radius 3 is 2.60 bits per heavy atom. The largest absolute Gasteiger partial charge is 0.308 e. The van der Waals surface area contributed by atoms with E-state index in [0.717, 1.165) is 26.1 Å². The van der Waals surface area contributed by atoms with Crippen molar-refractivity contribution in [2.24, 2.45) is 0 Å². The molecule has 1 heterocycles. The lowest BCUT2D eigenvalue weighted by atomic mass is 10.1. The van der Waals surface area contributed by atoms with E-state index in [1.54, 1.807) is 0 Å². The predicted molar refractivity (Wildman–Crippen MR) is 88.4 cm³/mol. The Morgan fingerprint density at radius 2 is 1.90 bits per heavy atom. The quantitative estimate of drug-likeness (QED) is 0.799. The number of nitrogens with zero attached hydrogens (tertiary/aromatic N) is 1. The molecular weight excluding hydrogens is 264 g/mol. The van der Waals surface area contributed by atoms with Crippen LogP contribution in [0.4, 0.5) is 0 Å². The molecule has 1 atom stereocenters. The lowest BCUT2D eigenvalue weighted by molar-refractivity contribution is 0.330. The molecule has 2 nitrogen and oxygen atoms in total. The summed E-state index contributed by atoms with van der Waals surface area (Å²) in [6, 6.07) is 15.5. The molecule has 1 N–H and O–H groups in total. The Balaban J connectivity index is 1.62. The fourth-order valence-corrected chi connectivity index (χ4v) is 2.95. The molecule has 0 fully saturated rings. The molecule has 20 heavy (non-hydrogen) atoms. The van der Waals surface area contributed by atoms with E-state index < -0.39 is 0 Å². The molecule has 2 rings (SSSR count). The maximum absolute atomic E-state index is 3.58. The van der Waals surface area contributed by atoms with E-state index in [-0.39, 0.29) is 0 Å². The molecule has 108 valence electrons. The number of thiophene rings is 1. The van der Waals surface area contributed by atoms with Gasteiger partial charge in [0.2, 0.25) is 0 Å². The van der Waals surface area contributed by atoms with Crippen molar-refractivity contribution < 1.29 is 0 Å². The van der Waals surface area contributed by atoms with Crippen LogP contribution in [-0.4, -0.2) is 31.6 Å². The highest BCUT2D eigenvalue weighted by Gasteiger charge is 2.05. The number of rotatable bonds is 8. The molecule has 1 aromatic heterocycles. The second kappa shape index (κ2) is 8.20. The van der Waals surface area contributed by atoms with Gasteiger partial charge in [0.05, 0.1) is 0 Å². The summed E-state index contributed by atoms with van der Waals surface area (Å²) >= 11 is 1.82. The molecular formula is C17H24N2S. The first kappa shape index (κ1) is 15.2. The van der Waals surface area contributed by atoms with E-state index in [2.05, 4.69) is 72.0 Å². The van der Waals surface area contributed by atoms with Crippen LogP contribution in [0.3, 0.4) is 0 Å². The molecule has 0 aliphatic heterocycles. The molecule has 2 aromatic rings. The van der Waals surface area contributed by atoms with Crippen molar-refractivity contribution in [3.05, 3.63) is 58.3 Å². The molecule has 0 aliphatic rings. The number of benzene rings is 1.